The van der Waals surface area contributed by atoms with Gasteiger partial charge in [0.05, 0.1) is 17.7 Å². The number of hydrogen-bond acceptors (Lipinski definition) is 8. The van der Waals surface area contributed by atoms with Gasteiger partial charge in [0.2, 0.25) is 5.91 Å². The summed E-state index contributed by atoms with van der Waals surface area (Å²) in [7, 11) is 0. The zero-order chi connectivity index (χ0) is 27.1. The van der Waals surface area contributed by atoms with Crippen LogP contribution >= 0.6 is 0 Å². The smallest absolute Gasteiger partial charge is 0.239 e. The number of fused-ring (bicyclic) bond motifs is 3. The second-order valence-corrected chi connectivity index (χ2v) is 9.33. The van der Waals surface area contributed by atoms with Gasteiger partial charge in [0, 0.05) is 23.9 Å². The van der Waals surface area contributed by atoms with Gasteiger partial charge in [0.25, 0.3) is 0 Å². The van der Waals surface area contributed by atoms with Gasteiger partial charge in [0.15, 0.2) is 17.3 Å². The summed E-state index contributed by atoms with van der Waals surface area (Å²) in [6, 6.07) is 9.69. The van der Waals surface area contributed by atoms with Crippen LogP contribution < -0.4 is 15.4 Å². The van der Waals surface area contributed by atoms with E-state index in [0.717, 1.165) is 11.6 Å². The van der Waals surface area contributed by atoms with Crippen molar-refractivity contribution in [2.45, 2.75) is 39.5 Å². The van der Waals surface area contributed by atoms with Crippen LogP contribution in [0.25, 0.3) is 0 Å². The van der Waals surface area contributed by atoms with Crippen molar-refractivity contribution in [1.82, 2.24) is 10.6 Å². The van der Waals surface area contributed by atoms with Gasteiger partial charge in [-0.05, 0) is 39.7 Å². The van der Waals surface area contributed by atoms with E-state index in [1.807, 2.05) is 30.3 Å². The molecule has 0 fully saturated rings. The number of amides is 1. The minimum absolute atomic E-state index is 0.0145. The lowest BCUT2D eigenvalue weighted by molar-refractivity contribution is -0.124. The van der Waals surface area contributed by atoms with Crippen molar-refractivity contribution in [3.05, 3.63) is 75.7 Å². The van der Waals surface area contributed by atoms with Crippen molar-refractivity contribution in [1.29, 1.82) is 0 Å². The molecule has 0 aromatic heterocycles. The maximum atomic E-state index is 13.7. The highest BCUT2D eigenvalue weighted by atomic mass is 16.5. The molecule has 9 heteroatoms. The van der Waals surface area contributed by atoms with E-state index in [-0.39, 0.29) is 51.9 Å². The molecule has 4 N–H and O–H groups in total. The number of nitrogens with one attached hydrogen (secondary N) is 2. The van der Waals surface area contributed by atoms with E-state index in [4.69, 9.17) is 4.74 Å². The van der Waals surface area contributed by atoms with Gasteiger partial charge in [-0.1, -0.05) is 30.3 Å². The average Bonchev–Trinajstić information content (AvgIpc) is 3.14. The fourth-order valence-corrected chi connectivity index (χ4v) is 4.72. The molecule has 4 rings (SSSR count). The van der Waals surface area contributed by atoms with Gasteiger partial charge < -0.3 is 25.6 Å². The number of benzene rings is 2. The molecule has 2 aliphatic rings. The molecule has 37 heavy (non-hydrogen) atoms. The third-order valence-corrected chi connectivity index (χ3v) is 6.85. The molecule has 1 atom stereocenters. The molecule has 1 amide bonds. The Morgan fingerprint density at radius 1 is 1.03 bits per heavy atom. The van der Waals surface area contributed by atoms with Crippen LogP contribution in [0.4, 0.5) is 0 Å². The van der Waals surface area contributed by atoms with E-state index in [2.05, 4.69) is 10.6 Å². The molecule has 0 unspecified atom stereocenters. The van der Waals surface area contributed by atoms with E-state index in [1.54, 1.807) is 0 Å². The molecule has 2 aromatic rings. The summed E-state index contributed by atoms with van der Waals surface area (Å²) >= 11 is 0. The lowest BCUT2D eigenvalue weighted by Gasteiger charge is -2.29. The number of carbonyl (C=O) groups excluding carboxylic acids is 4. The molecule has 0 saturated carbocycles. The van der Waals surface area contributed by atoms with E-state index >= 15 is 0 Å². The van der Waals surface area contributed by atoms with Crippen LogP contribution in [0.5, 0.6) is 17.2 Å². The average molecular weight is 505 g/mol. The van der Waals surface area contributed by atoms with Crippen LogP contribution in [-0.4, -0.2) is 46.6 Å². The number of ketones is 3. The minimum Gasteiger partial charge on any atom is -0.507 e. The Morgan fingerprint density at radius 3 is 2.35 bits per heavy atom. The summed E-state index contributed by atoms with van der Waals surface area (Å²) in [5.74, 6) is -3.15. The number of aromatic hydroxyl groups is 2. The standard InChI is InChI=1S/C28H28N2O7/c1-14-24(34)22(16(3)31)26-23(25(14)35)28(4)19(37-26)12-18(32)21(27(28)36)15(2)30-13-20(33)29-11-10-17-8-6-5-7-9-17/h5-9,12,30,34-35H,10-11,13H2,1-4H3,(H,29,33)/b21-15+/t28-/m0/s1. The second-order valence-electron chi connectivity index (χ2n) is 9.33. The highest BCUT2D eigenvalue weighted by Gasteiger charge is 2.56. The number of Topliss-reactive ketones (excluding diaryl/α,β-unsaturated/α-hetero) is 2. The van der Waals surface area contributed by atoms with Gasteiger partial charge in [-0.2, -0.15) is 0 Å². The Kier molecular flexibility index (Phi) is 6.64. The number of phenolic OH excluding ortho intramolecular Hbond substituents is 2. The van der Waals surface area contributed by atoms with E-state index < -0.39 is 34.3 Å². The van der Waals surface area contributed by atoms with Crippen molar-refractivity contribution in [3.8, 4) is 17.2 Å². The summed E-state index contributed by atoms with van der Waals surface area (Å²) in [6.45, 7) is 5.93. The van der Waals surface area contributed by atoms with Gasteiger partial charge >= 0.3 is 0 Å². The molecule has 0 saturated heterocycles. The maximum absolute atomic E-state index is 13.7. The van der Waals surface area contributed by atoms with Gasteiger partial charge in [-0.25, -0.2) is 0 Å². The first-order valence-corrected chi connectivity index (χ1v) is 11.8. The molecule has 0 bridgehead atoms. The molecular weight excluding hydrogens is 476 g/mol. The number of rotatable bonds is 7. The molecule has 1 heterocycles. The summed E-state index contributed by atoms with van der Waals surface area (Å²) in [5, 5.41) is 26.9. The summed E-state index contributed by atoms with van der Waals surface area (Å²) in [5.41, 5.74) is -0.648. The van der Waals surface area contributed by atoms with Crippen LogP contribution in [0.2, 0.25) is 0 Å². The first-order valence-electron chi connectivity index (χ1n) is 11.8. The zero-order valence-electron chi connectivity index (χ0n) is 21.0. The highest BCUT2D eigenvalue weighted by Crippen LogP contribution is 2.57. The predicted molar refractivity (Wildman–Crippen MR) is 134 cm³/mol. The van der Waals surface area contributed by atoms with Crippen LogP contribution in [0, 0.1) is 6.92 Å². The van der Waals surface area contributed by atoms with Crippen molar-refractivity contribution < 1.29 is 34.1 Å². The summed E-state index contributed by atoms with van der Waals surface area (Å²) in [4.78, 5) is 51.3. The Bertz CT molecular complexity index is 1410. The maximum Gasteiger partial charge on any atom is 0.239 e. The fraction of sp³-hybridized carbons (Fsp3) is 0.286. The normalized spacial score (nSPS) is 19.4. The largest absolute Gasteiger partial charge is 0.507 e. The first-order chi connectivity index (χ1) is 17.5. The summed E-state index contributed by atoms with van der Waals surface area (Å²) in [6.07, 6.45) is 1.80. The van der Waals surface area contributed by atoms with Gasteiger partial charge in [0.1, 0.15) is 34.0 Å². The number of hydrogen-bond donors (Lipinski definition) is 4. The number of ether oxygens (including phenoxy) is 1. The first kappa shape index (κ1) is 25.7. The lowest BCUT2D eigenvalue weighted by Crippen LogP contribution is -2.42. The van der Waals surface area contributed by atoms with Crippen molar-refractivity contribution in [2.75, 3.05) is 13.1 Å². The third-order valence-electron chi connectivity index (χ3n) is 6.85. The Morgan fingerprint density at radius 2 is 1.70 bits per heavy atom. The molecule has 2 aromatic carbocycles. The Labute approximate surface area is 213 Å². The molecule has 1 aliphatic carbocycles. The minimum atomic E-state index is -1.60. The van der Waals surface area contributed by atoms with Crippen molar-refractivity contribution in [2.24, 2.45) is 0 Å². The van der Waals surface area contributed by atoms with Gasteiger partial charge in [-0.3, -0.25) is 19.2 Å². The second kappa shape index (κ2) is 9.57. The number of phenols is 2. The molecule has 9 nitrogen and oxygen atoms in total. The quantitative estimate of drug-likeness (QED) is 0.256. The number of allylic oxidation sites excluding steroid dienone is 4. The third kappa shape index (κ3) is 4.26. The van der Waals surface area contributed by atoms with Crippen LogP contribution in [0.1, 0.15) is 47.8 Å². The van der Waals surface area contributed by atoms with Crippen LogP contribution in [0.3, 0.4) is 0 Å². The monoisotopic (exact) mass is 504 g/mol. The highest BCUT2D eigenvalue weighted by molar-refractivity contribution is 6.31. The van der Waals surface area contributed by atoms with Crippen LogP contribution in [-0.2, 0) is 26.2 Å². The van der Waals surface area contributed by atoms with E-state index in [1.165, 1.54) is 27.7 Å². The van der Waals surface area contributed by atoms with E-state index in [0.29, 0.717) is 13.0 Å². The molecular formula is C28H28N2O7. The molecule has 1 aliphatic heterocycles. The topological polar surface area (TPSA) is 142 Å². The number of carbonyl (C=O) groups is 4. The Balaban J connectivity index is 1.58. The van der Waals surface area contributed by atoms with Gasteiger partial charge in [-0.15, -0.1) is 0 Å². The van der Waals surface area contributed by atoms with Crippen molar-refractivity contribution in [3.63, 3.8) is 0 Å². The molecule has 0 radical (unpaired) electrons. The van der Waals surface area contributed by atoms with E-state index in [9.17, 15) is 29.4 Å². The van der Waals surface area contributed by atoms with Crippen molar-refractivity contribution >= 4 is 23.3 Å². The zero-order valence-corrected chi connectivity index (χ0v) is 21.0. The van der Waals surface area contributed by atoms with Crippen LogP contribution in [0.15, 0.2) is 53.4 Å². The summed E-state index contributed by atoms with van der Waals surface area (Å²) < 4.78 is 5.74. The molecule has 192 valence electrons. The fourth-order valence-electron chi connectivity index (χ4n) is 4.72. The SMILES string of the molecule is CC(=O)c1c(O)c(C)c(O)c2c1OC1=CC(=O)/C(=C(/C)NCC(=O)NCCc3ccccc3)C(=O)[C@@]12C. The Hall–Kier alpha value is -4.40. The molecule has 0 spiro atoms. The lowest BCUT2D eigenvalue weighted by atomic mass is 9.70. The predicted octanol–water partition coefficient (Wildman–Crippen LogP) is 2.52.